The average Bonchev–Trinajstić information content (AvgIpc) is 1.91. The molecule has 0 unspecified atom stereocenters. The molecule has 0 atom stereocenters. The zero-order chi connectivity index (χ0) is 5.28. The first-order valence-electron chi connectivity index (χ1n) is 1.40. The summed E-state index contributed by atoms with van der Waals surface area (Å²) in [5.74, 6) is 0. The van der Waals surface area contributed by atoms with Crippen LogP contribution in [0.4, 0.5) is 0 Å². The molecule has 0 spiro atoms. The Morgan fingerprint density at radius 2 is 1.33 bits per heavy atom. The Labute approximate surface area is 104 Å². The minimum absolute atomic E-state index is 0. The number of rotatable bonds is 0. The van der Waals surface area contributed by atoms with Crippen molar-refractivity contribution in [2.45, 2.75) is 0 Å². The Morgan fingerprint density at radius 1 is 1.00 bits per heavy atom. The van der Waals surface area contributed by atoms with Gasteiger partial charge in [-0.05, 0) is 0 Å². The number of hydrogen-bond acceptors (Lipinski definition) is 5. The van der Waals surface area contributed by atoms with Crippen molar-refractivity contribution in [3.05, 3.63) is 20.8 Å². The molecule has 0 amide bonds. The van der Waals surface area contributed by atoms with Crippen molar-refractivity contribution in [1.29, 1.82) is 0 Å². The van der Waals surface area contributed by atoms with Crippen LogP contribution in [0.5, 0.6) is 0 Å². The Balaban J connectivity index is 0. The van der Waals surface area contributed by atoms with Crippen LogP contribution < -0.4 is 11.3 Å². The van der Waals surface area contributed by atoms with Gasteiger partial charge >= 0.3 is 11.3 Å². The maximum absolute atomic E-state index is 9.75. The Hall–Kier alpha value is 1.03. The van der Waals surface area contributed by atoms with Crippen molar-refractivity contribution >= 4 is 48.9 Å². The van der Waals surface area contributed by atoms with E-state index in [1.165, 1.54) is 0 Å². The first kappa shape index (κ1) is 12.7. The van der Waals surface area contributed by atoms with Gasteiger partial charge < -0.3 is 0 Å². The maximum Gasteiger partial charge on any atom is 0.471 e. The van der Waals surface area contributed by atoms with Crippen LogP contribution in [0.1, 0.15) is 0 Å². The molecule has 0 bridgehead atoms. The Bertz CT molecular complexity index is 219. The van der Waals surface area contributed by atoms with E-state index < -0.39 is 11.3 Å². The fourth-order valence-electron chi connectivity index (χ4n) is 0.147. The molecule has 0 aromatic carbocycles. The van der Waals surface area contributed by atoms with Crippen molar-refractivity contribution in [2.24, 2.45) is 0 Å². The van der Waals surface area contributed by atoms with Gasteiger partial charge in [-0.25, -0.2) is 9.59 Å². The van der Waals surface area contributed by atoms with E-state index >= 15 is 0 Å². The quantitative estimate of drug-likeness (QED) is 0.341. The third kappa shape index (κ3) is 3.66. The standard InChI is InChI=1S/C2O5.Ba.Ti/c3-1-2(4)6-7-5-1;;. The van der Waals surface area contributed by atoms with E-state index in [-0.39, 0.29) is 70.6 Å². The van der Waals surface area contributed by atoms with E-state index in [9.17, 15) is 9.59 Å². The molecular formula is C2BaO5Ti. The number of hydrogen-bond donors (Lipinski definition) is 0. The maximum atomic E-state index is 9.75. The molecule has 0 saturated heterocycles. The summed E-state index contributed by atoms with van der Waals surface area (Å²) in [5.41, 5.74) is -2.25. The van der Waals surface area contributed by atoms with Crippen molar-refractivity contribution in [1.82, 2.24) is 0 Å². The minimum atomic E-state index is -1.12. The van der Waals surface area contributed by atoms with Crippen LogP contribution in [-0.4, -0.2) is 48.9 Å². The fraction of sp³-hybridized carbons (Fsp3) is 0. The minimum Gasteiger partial charge on any atom is -0.233 e. The average molecular weight is 289 g/mol. The summed E-state index contributed by atoms with van der Waals surface area (Å²) in [5, 5.41) is 0. The molecule has 0 fully saturated rings. The van der Waals surface area contributed by atoms with Crippen LogP contribution in [-0.2, 0) is 21.7 Å². The smallest absolute Gasteiger partial charge is 0.233 e. The normalized spacial score (nSPS) is 7.11. The van der Waals surface area contributed by atoms with Gasteiger partial charge in [-0.3, -0.25) is 0 Å². The molecule has 0 aliphatic rings. The first-order valence-corrected chi connectivity index (χ1v) is 1.40. The van der Waals surface area contributed by atoms with Crippen LogP contribution in [0.15, 0.2) is 23.5 Å². The van der Waals surface area contributed by atoms with Gasteiger partial charge in [-0.15, -0.1) is 0 Å². The summed E-state index contributed by atoms with van der Waals surface area (Å²) in [4.78, 5) is 19.5. The molecule has 0 N–H and O–H groups in total. The summed E-state index contributed by atoms with van der Waals surface area (Å²) in [6.45, 7) is 0. The zero-order valence-electron chi connectivity index (χ0n) is 4.25. The van der Waals surface area contributed by atoms with Gasteiger partial charge in [0.05, 0.1) is 0 Å². The molecule has 5 nitrogen and oxygen atoms in total. The second-order valence-electron chi connectivity index (χ2n) is 0.810. The second kappa shape index (κ2) is 5.78. The van der Waals surface area contributed by atoms with Gasteiger partial charge in [0.2, 0.25) is 0 Å². The van der Waals surface area contributed by atoms with E-state index in [0.717, 1.165) is 0 Å². The molecule has 2 radical (unpaired) electrons. The van der Waals surface area contributed by atoms with Gasteiger partial charge in [0, 0.05) is 70.6 Å². The van der Waals surface area contributed by atoms with Gasteiger partial charge in [0.1, 0.15) is 0 Å². The van der Waals surface area contributed by atoms with Crippen LogP contribution in [0, 0.1) is 0 Å². The van der Waals surface area contributed by atoms with Crippen LogP contribution in [0.3, 0.4) is 0 Å². The van der Waals surface area contributed by atoms with Gasteiger partial charge in [0.25, 0.3) is 0 Å². The van der Waals surface area contributed by atoms with Crippen molar-refractivity contribution < 1.29 is 35.6 Å². The summed E-state index contributed by atoms with van der Waals surface area (Å²) >= 11 is 0. The van der Waals surface area contributed by atoms with E-state index in [1.54, 1.807) is 0 Å². The zero-order valence-corrected chi connectivity index (χ0v) is 10.3. The van der Waals surface area contributed by atoms with Gasteiger partial charge in [0.15, 0.2) is 0 Å². The monoisotopic (exact) mass is 290 g/mol. The van der Waals surface area contributed by atoms with E-state index in [4.69, 9.17) is 0 Å². The fourth-order valence-corrected chi connectivity index (χ4v) is 0.147. The molecule has 1 aromatic heterocycles. The molecule has 0 saturated carbocycles. The van der Waals surface area contributed by atoms with Gasteiger partial charge in [-0.2, -0.15) is 9.15 Å². The van der Waals surface area contributed by atoms with E-state index in [1.807, 2.05) is 0 Å². The molecule has 44 valence electrons. The van der Waals surface area contributed by atoms with Gasteiger partial charge in [-0.1, -0.05) is 4.74 Å². The summed E-state index contributed by atoms with van der Waals surface area (Å²) in [6.07, 6.45) is 0. The van der Waals surface area contributed by atoms with Crippen molar-refractivity contribution in [3.8, 4) is 0 Å². The molecule has 1 heterocycles. The Morgan fingerprint density at radius 3 is 1.44 bits per heavy atom. The first-order chi connectivity index (χ1) is 3.30. The summed E-state index contributed by atoms with van der Waals surface area (Å²) in [6, 6.07) is 0. The predicted octanol–water partition coefficient (Wildman–Crippen LogP) is -1.20. The molecule has 9 heavy (non-hydrogen) atoms. The Kier molecular flexibility index (Phi) is 8.15. The molecule has 0 aliphatic carbocycles. The third-order valence-corrected chi connectivity index (χ3v) is 0.386. The largest absolute Gasteiger partial charge is 0.471 e. The topological polar surface area (TPSA) is 73.6 Å². The van der Waals surface area contributed by atoms with Crippen LogP contribution >= 0.6 is 0 Å². The molecule has 7 heteroatoms. The van der Waals surface area contributed by atoms with Crippen molar-refractivity contribution in [3.63, 3.8) is 0 Å². The SMILES string of the molecule is O=c1oooc1=O.[Ba].[Ti]. The van der Waals surface area contributed by atoms with Crippen LogP contribution in [0.2, 0.25) is 0 Å². The molecule has 1 aromatic rings. The van der Waals surface area contributed by atoms with Crippen LogP contribution in [0.25, 0.3) is 0 Å². The predicted molar refractivity (Wildman–Crippen MR) is 21.5 cm³/mol. The summed E-state index contributed by atoms with van der Waals surface area (Å²) in [7, 11) is 0. The second-order valence-corrected chi connectivity index (χ2v) is 0.810. The van der Waals surface area contributed by atoms with E-state index in [2.05, 4.69) is 13.9 Å². The molecule has 0 aliphatic heterocycles. The molecular weight excluding hydrogens is 289 g/mol. The molecule has 1 rings (SSSR count). The van der Waals surface area contributed by atoms with Crippen molar-refractivity contribution in [2.75, 3.05) is 0 Å². The van der Waals surface area contributed by atoms with E-state index in [0.29, 0.717) is 0 Å². The third-order valence-electron chi connectivity index (χ3n) is 0.386. The summed E-state index contributed by atoms with van der Waals surface area (Å²) < 4.78 is 10.6.